The van der Waals surface area contributed by atoms with Gasteiger partial charge in [0.1, 0.15) is 12.2 Å². The summed E-state index contributed by atoms with van der Waals surface area (Å²) >= 11 is 0. The predicted octanol–water partition coefficient (Wildman–Crippen LogP) is 2.78. The summed E-state index contributed by atoms with van der Waals surface area (Å²) in [6.45, 7) is 8.63. The summed E-state index contributed by atoms with van der Waals surface area (Å²) < 4.78 is 11.3. The van der Waals surface area contributed by atoms with Gasteiger partial charge in [0.2, 0.25) is 0 Å². The Balaban J connectivity index is 1.81. The van der Waals surface area contributed by atoms with Crippen molar-refractivity contribution in [3.8, 4) is 0 Å². The summed E-state index contributed by atoms with van der Waals surface area (Å²) in [6, 6.07) is 0. The topological polar surface area (TPSA) is 38.8 Å². The van der Waals surface area contributed by atoms with E-state index in [2.05, 4.69) is 20.8 Å². The van der Waals surface area contributed by atoms with Gasteiger partial charge in [0, 0.05) is 12.3 Å². The smallest absolute Gasteiger partial charge is 0.302 e. The summed E-state index contributed by atoms with van der Waals surface area (Å²) in [5.41, 5.74) is 0.291. The number of hydrogen-bond acceptors (Lipinski definition) is 3. The van der Waals surface area contributed by atoms with Gasteiger partial charge in [0.15, 0.2) is 0 Å². The Bertz CT molecular complexity index is 367. The Morgan fingerprint density at radius 2 is 2.06 bits per heavy atom. The second kappa shape index (κ2) is 3.96. The molecule has 0 radical (unpaired) electrons. The maximum absolute atomic E-state index is 11.2. The van der Waals surface area contributed by atoms with E-state index in [0.717, 1.165) is 12.3 Å². The summed E-state index contributed by atoms with van der Waals surface area (Å²) in [5, 5.41) is 0. The van der Waals surface area contributed by atoms with E-state index in [1.165, 1.54) is 19.8 Å². The number of hydrogen-bond donors (Lipinski definition) is 0. The Kier molecular flexibility index (Phi) is 2.74. The van der Waals surface area contributed by atoms with Crippen LogP contribution in [0.2, 0.25) is 0 Å². The standard InChI is InChI=1S/C15H24O3/c1-8-5-6-11-7-12(17-10(3)16)13-14(18-13)15(11,4)9(8)2/h8-9,11-14H,5-7H2,1-4H3/t8?,9?,11?,12-,13-,14?,15?/m1/s1. The highest BCUT2D eigenvalue weighted by molar-refractivity contribution is 5.66. The lowest BCUT2D eigenvalue weighted by atomic mass is 9.53. The zero-order chi connectivity index (χ0) is 13.1. The molecule has 1 heterocycles. The number of carbonyl (C=O) groups excluding carboxylic acids is 1. The molecule has 18 heavy (non-hydrogen) atoms. The third-order valence-electron chi connectivity index (χ3n) is 6.02. The average molecular weight is 252 g/mol. The van der Waals surface area contributed by atoms with Gasteiger partial charge in [-0.25, -0.2) is 0 Å². The van der Waals surface area contributed by atoms with Gasteiger partial charge in [-0.2, -0.15) is 0 Å². The highest BCUT2D eigenvalue weighted by Crippen LogP contribution is 2.61. The molecule has 3 nitrogen and oxygen atoms in total. The first-order valence-corrected chi connectivity index (χ1v) is 7.27. The first-order chi connectivity index (χ1) is 8.44. The first-order valence-electron chi connectivity index (χ1n) is 7.27. The van der Waals surface area contributed by atoms with Crippen LogP contribution in [-0.4, -0.2) is 24.3 Å². The lowest BCUT2D eigenvalue weighted by Crippen LogP contribution is -2.51. The number of epoxide rings is 1. The molecule has 3 rings (SSSR count). The summed E-state index contributed by atoms with van der Waals surface area (Å²) in [7, 11) is 0. The molecule has 7 atom stereocenters. The largest absolute Gasteiger partial charge is 0.460 e. The molecule has 1 aliphatic heterocycles. The lowest BCUT2D eigenvalue weighted by Gasteiger charge is -2.51. The van der Waals surface area contributed by atoms with Gasteiger partial charge in [-0.05, 0) is 30.6 Å². The summed E-state index contributed by atoms with van der Waals surface area (Å²) in [6.07, 6.45) is 4.04. The van der Waals surface area contributed by atoms with Crippen molar-refractivity contribution in [3.63, 3.8) is 0 Å². The van der Waals surface area contributed by atoms with Crippen molar-refractivity contribution in [3.05, 3.63) is 0 Å². The Hall–Kier alpha value is -0.570. The van der Waals surface area contributed by atoms with Gasteiger partial charge < -0.3 is 9.47 Å². The molecular formula is C15H24O3. The maximum Gasteiger partial charge on any atom is 0.302 e. The van der Waals surface area contributed by atoms with Crippen molar-refractivity contribution >= 4 is 5.97 Å². The Labute approximate surface area is 109 Å². The highest BCUT2D eigenvalue weighted by atomic mass is 16.6. The number of carbonyl (C=O) groups is 1. The molecule has 0 aromatic carbocycles. The van der Waals surface area contributed by atoms with Gasteiger partial charge in [-0.3, -0.25) is 4.79 Å². The lowest BCUT2D eigenvalue weighted by molar-refractivity contribution is -0.151. The molecule has 0 aromatic heterocycles. The number of rotatable bonds is 1. The first kappa shape index (κ1) is 12.5. The van der Waals surface area contributed by atoms with E-state index < -0.39 is 0 Å². The summed E-state index contributed by atoms with van der Waals surface area (Å²) in [5.74, 6) is 1.96. The minimum Gasteiger partial charge on any atom is -0.460 e. The third kappa shape index (κ3) is 1.63. The minimum atomic E-state index is -0.171. The fraction of sp³-hybridized carbons (Fsp3) is 0.933. The van der Waals surface area contributed by atoms with Crippen LogP contribution in [0.1, 0.15) is 47.0 Å². The highest BCUT2D eigenvalue weighted by Gasteiger charge is 2.66. The molecule has 0 bridgehead atoms. The molecule has 0 aromatic rings. The normalized spacial score (nSPS) is 54.2. The van der Waals surface area contributed by atoms with E-state index in [9.17, 15) is 4.79 Å². The Morgan fingerprint density at radius 3 is 2.72 bits per heavy atom. The maximum atomic E-state index is 11.2. The third-order valence-corrected chi connectivity index (χ3v) is 6.02. The SMILES string of the molecule is CC(=O)O[C@@H]1CC2CCC(C)C(C)C2(C)C2O[C@@H]21. The number of ether oxygens (including phenoxy) is 2. The van der Waals surface area contributed by atoms with Crippen LogP contribution >= 0.6 is 0 Å². The summed E-state index contributed by atoms with van der Waals surface area (Å²) in [4.78, 5) is 11.2. The molecule has 3 aliphatic rings. The fourth-order valence-electron chi connectivity index (χ4n) is 4.52. The Morgan fingerprint density at radius 1 is 1.33 bits per heavy atom. The van der Waals surface area contributed by atoms with Crippen molar-refractivity contribution in [1.82, 2.24) is 0 Å². The zero-order valence-electron chi connectivity index (χ0n) is 11.8. The van der Waals surface area contributed by atoms with Crippen LogP contribution in [0.3, 0.4) is 0 Å². The molecule has 5 unspecified atom stereocenters. The van der Waals surface area contributed by atoms with Gasteiger partial charge in [0.05, 0.1) is 6.10 Å². The molecule has 0 spiro atoms. The second-order valence-electron chi connectivity index (χ2n) is 6.81. The van der Waals surface area contributed by atoms with Crippen molar-refractivity contribution in [1.29, 1.82) is 0 Å². The fourth-order valence-corrected chi connectivity index (χ4v) is 4.52. The van der Waals surface area contributed by atoms with Crippen LogP contribution in [0, 0.1) is 23.2 Å². The van der Waals surface area contributed by atoms with E-state index in [1.807, 2.05) is 0 Å². The molecule has 2 aliphatic carbocycles. The molecule has 0 N–H and O–H groups in total. The second-order valence-corrected chi connectivity index (χ2v) is 6.81. The number of esters is 1. The molecular weight excluding hydrogens is 228 g/mol. The molecule has 2 saturated carbocycles. The minimum absolute atomic E-state index is 0.00572. The van der Waals surface area contributed by atoms with Gasteiger partial charge in [-0.1, -0.05) is 27.2 Å². The van der Waals surface area contributed by atoms with Crippen molar-refractivity contribution in [2.24, 2.45) is 23.2 Å². The molecule has 102 valence electrons. The van der Waals surface area contributed by atoms with Crippen LogP contribution in [0.5, 0.6) is 0 Å². The molecule has 0 amide bonds. The van der Waals surface area contributed by atoms with Crippen molar-refractivity contribution in [2.45, 2.75) is 65.3 Å². The van der Waals surface area contributed by atoms with E-state index in [-0.39, 0.29) is 18.2 Å². The van der Waals surface area contributed by atoms with Crippen LogP contribution in [-0.2, 0) is 14.3 Å². The van der Waals surface area contributed by atoms with Crippen LogP contribution < -0.4 is 0 Å². The van der Waals surface area contributed by atoms with E-state index in [1.54, 1.807) is 0 Å². The van der Waals surface area contributed by atoms with Crippen LogP contribution in [0.15, 0.2) is 0 Å². The molecule has 1 saturated heterocycles. The quantitative estimate of drug-likeness (QED) is 0.532. The molecule has 3 heteroatoms. The van der Waals surface area contributed by atoms with E-state index >= 15 is 0 Å². The number of fused-ring (bicyclic) bond motifs is 3. The average Bonchev–Trinajstić information content (AvgIpc) is 3.08. The van der Waals surface area contributed by atoms with Gasteiger partial charge in [0.25, 0.3) is 0 Å². The van der Waals surface area contributed by atoms with Gasteiger partial charge in [-0.15, -0.1) is 0 Å². The van der Waals surface area contributed by atoms with E-state index in [4.69, 9.17) is 9.47 Å². The monoisotopic (exact) mass is 252 g/mol. The van der Waals surface area contributed by atoms with Crippen LogP contribution in [0.4, 0.5) is 0 Å². The zero-order valence-corrected chi connectivity index (χ0v) is 11.8. The predicted molar refractivity (Wildman–Crippen MR) is 68.0 cm³/mol. The van der Waals surface area contributed by atoms with Crippen LogP contribution in [0.25, 0.3) is 0 Å². The van der Waals surface area contributed by atoms with Crippen molar-refractivity contribution < 1.29 is 14.3 Å². The molecule has 3 fully saturated rings. The van der Waals surface area contributed by atoms with Crippen molar-refractivity contribution in [2.75, 3.05) is 0 Å². The van der Waals surface area contributed by atoms with Gasteiger partial charge >= 0.3 is 5.97 Å². The van der Waals surface area contributed by atoms with E-state index in [0.29, 0.717) is 23.4 Å².